The maximum atomic E-state index is 12.1. The van der Waals surface area contributed by atoms with Crippen LogP contribution < -0.4 is 0 Å². The van der Waals surface area contributed by atoms with E-state index < -0.39 is 0 Å². The summed E-state index contributed by atoms with van der Waals surface area (Å²) < 4.78 is 5.73. The monoisotopic (exact) mass is 276 g/mol. The second-order valence-corrected chi connectivity index (χ2v) is 6.26. The molecule has 1 aliphatic rings. The summed E-state index contributed by atoms with van der Waals surface area (Å²) in [6, 6.07) is 0. The normalized spacial score (nSPS) is 18.7. The summed E-state index contributed by atoms with van der Waals surface area (Å²) in [5.74, 6) is 0.879. The van der Waals surface area contributed by atoms with E-state index in [1.54, 1.807) is 6.20 Å². The van der Waals surface area contributed by atoms with Crippen LogP contribution in [0.25, 0.3) is 0 Å². The van der Waals surface area contributed by atoms with Gasteiger partial charge in [0.2, 0.25) is 0 Å². The summed E-state index contributed by atoms with van der Waals surface area (Å²) in [6.07, 6.45) is 4.97. The van der Waals surface area contributed by atoms with Gasteiger partial charge in [-0.15, -0.1) is 0 Å². The minimum absolute atomic E-state index is 0.0123. The Morgan fingerprint density at radius 3 is 2.75 bits per heavy atom. The fourth-order valence-corrected chi connectivity index (χ4v) is 2.75. The molecule has 0 bridgehead atoms. The minimum atomic E-state index is -0.0598. The van der Waals surface area contributed by atoms with Crippen LogP contribution in [0.5, 0.6) is 0 Å². The molecule has 110 valence electrons. The third-order valence-corrected chi connectivity index (χ3v) is 3.68. The topological polar surface area (TPSA) is 52.1 Å². The summed E-state index contributed by atoms with van der Waals surface area (Å²) in [5.41, 5.74) is 1.57. The molecule has 0 spiro atoms. The maximum absolute atomic E-state index is 12.1. The molecule has 0 N–H and O–H groups in total. The number of ketones is 1. The summed E-state index contributed by atoms with van der Waals surface area (Å²) >= 11 is 0. The molecule has 0 saturated carbocycles. The number of Topliss-reactive ketones (excluding diaryl/α,β-unsaturated/α-hetero) is 1. The van der Waals surface area contributed by atoms with Crippen molar-refractivity contribution in [2.24, 2.45) is 5.41 Å². The van der Waals surface area contributed by atoms with E-state index in [0.717, 1.165) is 30.8 Å². The predicted molar refractivity (Wildman–Crippen MR) is 77.7 cm³/mol. The van der Waals surface area contributed by atoms with E-state index in [1.807, 2.05) is 6.92 Å². The van der Waals surface area contributed by atoms with Crippen molar-refractivity contribution in [2.45, 2.75) is 59.5 Å². The van der Waals surface area contributed by atoms with E-state index in [0.29, 0.717) is 18.6 Å². The second-order valence-electron chi connectivity index (χ2n) is 6.26. The van der Waals surface area contributed by atoms with Crippen LogP contribution in [0.4, 0.5) is 0 Å². The van der Waals surface area contributed by atoms with E-state index in [1.165, 1.54) is 0 Å². The number of rotatable bonds is 5. The number of aromatic nitrogens is 2. The Balaban J connectivity index is 2.32. The molecule has 0 saturated heterocycles. The van der Waals surface area contributed by atoms with Gasteiger partial charge in [0.15, 0.2) is 11.6 Å². The van der Waals surface area contributed by atoms with Gasteiger partial charge in [-0.3, -0.25) is 4.79 Å². The highest BCUT2D eigenvalue weighted by molar-refractivity contribution is 5.98. The maximum Gasteiger partial charge on any atom is 0.166 e. The number of hydrogen-bond donors (Lipinski definition) is 0. The average Bonchev–Trinajstić information content (AvgIpc) is 2.36. The molecule has 1 atom stereocenters. The van der Waals surface area contributed by atoms with E-state index in [-0.39, 0.29) is 17.3 Å². The molecule has 1 unspecified atom stereocenters. The van der Waals surface area contributed by atoms with Crippen LogP contribution in [0.1, 0.15) is 74.9 Å². The third-order valence-electron chi connectivity index (χ3n) is 3.68. The molecule has 0 amide bonds. The third kappa shape index (κ3) is 3.23. The molecule has 0 radical (unpaired) electrons. The van der Waals surface area contributed by atoms with Gasteiger partial charge >= 0.3 is 0 Å². The Morgan fingerprint density at radius 2 is 2.10 bits per heavy atom. The zero-order valence-corrected chi connectivity index (χ0v) is 12.9. The fourth-order valence-electron chi connectivity index (χ4n) is 2.75. The van der Waals surface area contributed by atoms with Crippen LogP contribution in [0.15, 0.2) is 6.20 Å². The van der Waals surface area contributed by atoms with Crippen molar-refractivity contribution in [1.82, 2.24) is 9.97 Å². The number of nitrogens with zero attached hydrogens (tertiary/aromatic N) is 2. The largest absolute Gasteiger partial charge is 0.371 e. The Hall–Kier alpha value is -1.29. The molecule has 0 fully saturated rings. The van der Waals surface area contributed by atoms with Crippen molar-refractivity contribution in [3.05, 3.63) is 23.3 Å². The smallest absolute Gasteiger partial charge is 0.166 e. The van der Waals surface area contributed by atoms with Crippen molar-refractivity contribution in [1.29, 1.82) is 0 Å². The highest BCUT2D eigenvalue weighted by atomic mass is 16.5. The number of fused-ring (bicyclic) bond motifs is 1. The van der Waals surface area contributed by atoms with Crippen molar-refractivity contribution in [3.63, 3.8) is 0 Å². The van der Waals surface area contributed by atoms with Gasteiger partial charge in [0.1, 0.15) is 6.10 Å². The lowest BCUT2D eigenvalue weighted by Gasteiger charge is -2.29. The molecule has 1 aliphatic carbocycles. The molecular weight excluding hydrogens is 252 g/mol. The van der Waals surface area contributed by atoms with Crippen molar-refractivity contribution < 1.29 is 9.53 Å². The van der Waals surface area contributed by atoms with Gasteiger partial charge in [-0.2, -0.15) is 0 Å². The Morgan fingerprint density at radius 1 is 1.35 bits per heavy atom. The van der Waals surface area contributed by atoms with Gasteiger partial charge in [0.25, 0.3) is 0 Å². The van der Waals surface area contributed by atoms with E-state index >= 15 is 0 Å². The van der Waals surface area contributed by atoms with Crippen molar-refractivity contribution in [3.8, 4) is 0 Å². The van der Waals surface area contributed by atoms with Crippen LogP contribution in [-0.2, 0) is 11.2 Å². The molecule has 4 heteroatoms. The number of carbonyl (C=O) groups excluding carboxylic acids is 1. The van der Waals surface area contributed by atoms with Gasteiger partial charge in [0.05, 0.1) is 11.3 Å². The second kappa shape index (κ2) is 6.00. The number of hydrogen-bond acceptors (Lipinski definition) is 4. The number of carbonyl (C=O) groups is 1. The van der Waals surface area contributed by atoms with Crippen LogP contribution in [0, 0.1) is 5.41 Å². The standard InChI is InChI=1S/C16H24N2O2/c1-5-7-14(20-6-2)15-17-10-11-12(18-15)8-16(3,4)9-13(11)19/h10,14H,5-9H2,1-4H3. The molecule has 1 aromatic heterocycles. The zero-order valence-electron chi connectivity index (χ0n) is 12.9. The quantitative estimate of drug-likeness (QED) is 0.825. The average molecular weight is 276 g/mol. The minimum Gasteiger partial charge on any atom is -0.371 e. The van der Waals surface area contributed by atoms with E-state index in [2.05, 4.69) is 30.7 Å². The summed E-state index contributed by atoms with van der Waals surface area (Å²) in [5, 5.41) is 0. The number of ether oxygens (including phenoxy) is 1. The van der Waals surface area contributed by atoms with Gasteiger partial charge in [-0.1, -0.05) is 27.2 Å². The Labute approximate surface area is 121 Å². The summed E-state index contributed by atoms with van der Waals surface area (Å²) in [6.45, 7) is 8.98. The van der Waals surface area contributed by atoms with E-state index in [9.17, 15) is 4.79 Å². The molecule has 2 rings (SSSR count). The lowest BCUT2D eigenvalue weighted by atomic mass is 9.76. The molecule has 20 heavy (non-hydrogen) atoms. The van der Waals surface area contributed by atoms with Crippen LogP contribution in [0.3, 0.4) is 0 Å². The fraction of sp³-hybridized carbons (Fsp3) is 0.688. The van der Waals surface area contributed by atoms with Gasteiger partial charge in [0, 0.05) is 19.2 Å². The lowest BCUT2D eigenvalue weighted by molar-refractivity contribution is 0.0489. The first kappa shape index (κ1) is 15.1. The van der Waals surface area contributed by atoms with Crippen LogP contribution in [0.2, 0.25) is 0 Å². The molecule has 0 aromatic carbocycles. The molecular formula is C16H24N2O2. The van der Waals surface area contributed by atoms with Gasteiger partial charge in [-0.25, -0.2) is 9.97 Å². The zero-order chi connectivity index (χ0) is 14.8. The first-order chi connectivity index (χ1) is 9.46. The first-order valence-electron chi connectivity index (χ1n) is 7.47. The molecule has 0 aliphatic heterocycles. The Bertz CT molecular complexity index is 491. The van der Waals surface area contributed by atoms with Crippen LogP contribution >= 0.6 is 0 Å². The summed E-state index contributed by atoms with van der Waals surface area (Å²) in [7, 11) is 0. The molecule has 4 nitrogen and oxygen atoms in total. The predicted octanol–water partition coefficient (Wildman–Crippen LogP) is 3.51. The summed E-state index contributed by atoms with van der Waals surface area (Å²) in [4.78, 5) is 21.1. The highest BCUT2D eigenvalue weighted by Gasteiger charge is 2.32. The first-order valence-corrected chi connectivity index (χ1v) is 7.47. The highest BCUT2D eigenvalue weighted by Crippen LogP contribution is 2.34. The molecule has 1 aromatic rings. The van der Waals surface area contributed by atoms with Crippen molar-refractivity contribution in [2.75, 3.05) is 6.61 Å². The Kier molecular flexibility index (Phi) is 4.53. The van der Waals surface area contributed by atoms with Crippen LogP contribution in [-0.4, -0.2) is 22.4 Å². The van der Waals surface area contributed by atoms with E-state index in [4.69, 9.17) is 4.74 Å². The lowest BCUT2D eigenvalue weighted by Crippen LogP contribution is -2.29. The SMILES string of the molecule is CCCC(OCC)c1ncc2c(n1)CC(C)(C)CC2=O. The van der Waals surface area contributed by atoms with Gasteiger partial charge < -0.3 is 4.74 Å². The van der Waals surface area contributed by atoms with Crippen molar-refractivity contribution >= 4 is 5.78 Å². The van der Waals surface area contributed by atoms with Gasteiger partial charge in [-0.05, 0) is 25.2 Å². The molecule has 1 heterocycles.